The van der Waals surface area contributed by atoms with Crippen LogP contribution >= 0.6 is 11.8 Å². The number of benzene rings is 3. The van der Waals surface area contributed by atoms with Crippen LogP contribution in [-0.2, 0) is 16.0 Å². The molecular formula is C28H27NO4S. The van der Waals surface area contributed by atoms with Gasteiger partial charge in [0.25, 0.3) is 5.91 Å². The number of rotatable bonds is 5. The van der Waals surface area contributed by atoms with Crippen molar-refractivity contribution in [2.24, 2.45) is 0 Å². The fourth-order valence-corrected chi connectivity index (χ4v) is 5.43. The molecule has 3 aromatic carbocycles. The Morgan fingerprint density at radius 3 is 2.76 bits per heavy atom. The van der Waals surface area contributed by atoms with Gasteiger partial charge >= 0.3 is 5.97 Å². The molecule has 1 fully saturated rings. The molecular weight excluding hydrogens is 446 g/mol. The van der Waals surface area contributed by atoms with Gasteiger partial charge in [-0.1, -0.05) is 47.7 Å². The van der Waals surface area contributed by atoms with Crippen LogP contribution < -0.4 is 4.90 Å². The van der Waals surface area contributed by atoms with E-state index >= 15 is 0 Å². The second kappa shape index (κ2) is 9.65. The molecule has 6 heteroatoms. The molecule has 0 bridgehead atoms. The Kier molecular flexibility index (Phi) is 6.44. The summed E-state index contributed by atoms with van der Waals surface area (Å²) in [6.07, 6.45) is 1.87. The monoisotopic (exact) mass is 473 g/mol. The van der Waals surface area contributed by atoms with Gasteiger partial charge in [-0.25, -0.2) is 4.79 Å². The number of aryl methyl sites for hydroxylation is 2. The molecule has 1 amide bonds. The highest BCUT2D eigenvalue weighted by Gasteiger charge is 2.29. The Bertz CT molecular complexity index is 1250. The average Bonchev–Trinajstić information content (AvgIpc) is 3.33. The van der Waals surface area contributed by atoms with E-state index in [9.17, 15) is 9.59 Å². The SMILES string of the molecule is Cc1ccc(C)c(CN2C(=O)c3ccccc3Sc3ccc(C(=O)OC[C@H]4CCCO4)cc32)c1. The minimum Gasteiger partial charge on any atom is -0.459 e. The number of amides is 1. The zero-order chi connectivity index (χ0) is 23.7. The predicted molar refractivity (Wildman–Crippen MR) is 133 cm³/mol. The second-order valence-corrected chi connectivity index (χ2v) is 9.92. The van der Waals surface area contributed by atoms with E-state index in [1.807, 2.05) is 30.3 Å². The van der Waals surface area contributed by atoms with Crippen molar-refractivity contribution in [3.05, 3.63) is 88.5 Å². The van der Waals surface area contributed by atoms with Crippen LogP contribution in [-0.4, -0.2) is 31.2 Å². The van der Waals surface area contributed by atoms with E-state index in [2.05, 4.69) is 32.0 Å². The largest absolute Gasteiger partial charge is 0.459 e. The van der Waals surface area contributed by atoms with Gasteiger partial charge in [-0.3, -0.25) is 4.79 Å². The molecule has 2 aliphatic rings. The summed E-state index contributed by atoms with van der Waals surface area (Å²) in [7, 11) is 0. The van der Waals surface area contributed by atoms with Gasteiger partial charge in [0.15, 0.2) is 0 Å². The first-order chi connectivity index (χ1) is 16.5. The summed E-state index contributed by atoms with van der Waals surface area (Å²) in [5.74, 6) is -0.475. The van der Waals surface area contributed by atoms with Crippen LogP contribution in [0.3, 0.4) is 0 Å². The molecule has 0 spiro atoms. The number of esters is 1. The third-order valence-electron chi connectivity index (χ3n) is 6.33. The molecule has 2 heterocycles. The first-order valence-electron chi connectivity index (χ1n) is 11.6. The van der Waals surface area contributed by atoms with Crippen molar-refractivity contribution in [1.29, 1.82) is 0 Å². The molecule has 174 valence electrons. The number of nitrogens with zero attached hydrogens (tertiary/aromatic N) is 1. The van der Waals surface area contributed by atoms with Crippen LogP contribution in [0.25, 0.3) is 0 Å². The number of carbonyl (C=O) groups excluding carboxylic acids is 2. The van der Waals surface area contributed by atoms with E-state index in [4.69, 9.17) is 9.47 Å². The lowest BCUT2D eigenvalue weighted by molar-refractivity contribution is 0.0161. The van der Waals surface area contributed by atoms with Crippen LogP contribution in [0.2, 0.25) is 0 Å². The van der Waals surface area contributed by atoms with E-state index in [-0.39, 0.29) is 18.6 Å². The molecule has 0 radical (unpaired) electrons. The minimum atomic E-state index is -0.399. The summed E-state index contributed by atoms with van der Waals surface area (Å²) in [4.78, 5) is 30.2. The van der Waals surface area contributed by atoms with E-state index in [0.29, 0.717) is 24.3 Å². The predicted octanol–water partition coefficient (Wildman–Crippen LogP) is 5.95. The quantitative estimate of drug-likeness (QED) is 0.429. The summed E-state index contributed by atoms with van der Waals surface area (Å²) in [5.41, 5.74) is 5.16. The van der Waals surface area contributed by atoms with Crippen LogP contribution in [0.1, 0.15) is 50.2 Å². The smallest absolute Gasteiger partial charge is 0.338 e. The van der Waals surface area contributed by atoms with Crippen molar-refractivity contribution >= 4 is 29.3 Å². The van der Waals surface area contributed by atoms with Crippen molar-refractivity contribution in [3.8, 4) is 0 Å². The summed E-state index contributed by atoms with van der Waals surface area (Å²) < 4.78 is 11.1. The molecule has 3 aromatic rings. The van der Waals surface area contributed by atoms with Crippen molar-refractivity contribution in [2.45, 2.75) is 49.1 Å². The third kappa shape index (κ3) is 4.61. The summed E-state index contributed by atoms with van der Waals surface area (Å²) in [6, 6.07) is 19.4. The third-order valence-corrected chi connectivity index (χ3v) is 7.47. The van der Waals surface area contributed by atoms with E-state index in [1.54, 1.807) is 28.8 Å². The van der Waals surface area contributed by atoms with Crippen LogP contribution in [0.4, 0.5) is 5.69 Å². The van der Waals surface area contributed by atoms with Crippen molar-refractivity contribution < 1.29 is 19.1 Å². The highest BCUT2D eigenvalue weighted by Crippen LogP contribution is 2.42. The van der Waals surface area contributed by atoms with Gasteiger partial charge < -0.3 is 14.4 Å². The number of hydrogen-bond acceptors (Lipinski definition) is 5. The van der Waals surface area contributed by atoms with E-state index in [1.165, 1.54) is 0 Å². The zero-order valence-electron chi connectivity index (χ0n) is 19.4. The van der Waals surface area contributed by atoms with Crippen LogP contribution in [0.5, 0.6) is 0 Å². The fraction of sp³-hybridized carbons (Fsp3) is 0.286. The molecule has 5 rings (SSSR count). The highest BCUT2D eigenvalue weighted by atomic mass is 32.2. The lowest BCUT2D eigenvalue weighted by atomic mass is 10.0. The molecule has 0 N–H and O–H groups in total. The van der Waals surface area contributed by atoms with Crippen LogP contribution in [0.15, 0.2) is 70.5 Å². The van der Waals surface area contributed by atoms with Gasteiger partial charge in [-0.15, -0.1) is 0 Å². The van der Waals surface area contributed by atoms with Gasteiger partial charge in [0, 0.05) is 16.4 Å². The zero-order valence-corrected chi connectivity index (χ0v) is 20.2. The first kappa shape index (κ1) is 22.7. The van der Waals surface area contributed by atoms with E-state index in [0.717, 1.165) is 45.0 Å². The van der Waals surface area contributed by atoms with Crippen molar-refractivity contribution in [1.82, 2.24) is 0 Å². The molecule has 0 aliphatic carbocycles. The molecule has 2 aliphatic heterocycles. The minimum absolute atomic E-state index is 0.0304. The maximum absolute atomic E-state index is 13.8. The first-order valence-corrected chi connectivity index (χ1v) is 12.4. The number of ether oxygens (including phenoxy) is 2. The Hall–Kier alpha value is -3.09. The van der Waals surface area contributed by atoms with Gasteiger partial charge in [0.1, 0.15) is 6.61 Å². The molecule has 34 heavy (non-hydrogen) atoms. The summed E-state index contributed by atoms with van der Waals surface area (Å²) in [6.45, 7) is 5.49. The second-order valence-electron chi connectivity index (χ2n) is 8.84. The molecule has 0 unspecified atom stereocenters. The maximum atomic E-state index is 13.8. The lowest BCUT2D eigenvalue weighted by Gasteiger charge is -2.25. The normalized spacial score (nSPS) is 17.2. The van der Waals surface area contributed by atoms with Gasteiger partial charge in [0.2, 0.25) is 0 Å². The van der Waals surface area contributed by atoms with Crippen molar-refractivity contribution in [3.63, 3.8) is 0 Å². The Morgan fingerprint density at radius 2 is 1.94 bits per heavy atom. The maximum Gasteiger partial charge on any atom is 0.338 e. The molecule has 0 saturated carbocycles. The van der Waals surface area contributed by atoms with Gasteiger partial charge in [-0.2, -0.15) is 0 Å². The summed E-state index contributed by atoms with van der Waals surface area (Å²) in [5, 5.41) is 0. The lowest BCUT2D eigenvalue weighted by Crippen LogP contribution is -2.31. The van der Waals surface area contributed by atoms with Crippen LogP contribution in [0, 0.1) is 13.8 Å². The summed E-state index contributed by atoms with van der Waals surface area (Å²) >= 11 is 1.55. The van der Waals surface area contributed by atoms with Gasteiger partial charge in [-0.05, 0) is 68.1 Å². The Balaban J connectivity index is 1.51. The standard InChI is InChI=1S/C28H27NO4S/c1-18-9-10-19(2)21(14-18)16-29-24-15-20(28(31)33-17-22-6-5-13-32-22)11-12-26(24)34-25-8-4-3-7-23(25)27(29)30/h3-4,7-12,14-15,22H,5-6,13,16-17H2,1-2H3/t22-/m1/s1. The number of hydrogen-bond donors (Lipinski definition) is 0. The molecule has 5 nitrogen and oxygen atoms in total. The highest BCUT2D eigenvalue weighted by molar-refractivity contribution is 7.99. The fourth-order valence-electron chi connectivity index (χ4n) is 4.37. The number of anilines is 1. The molecule has 1 saturated heterocycles. The van der Waals surface area contributed by atoms with Gasteiger partial charge in [0.05, 0.1) is 29.5 Å². The average molecular weight is 474 g/mol. The number of carbonyl (C=O) groups is 2. The topological polar surface area (TPSA) is 55.8 Å². The van der Waals surface area contributed by atoms with E-state index < -0.39 is 5.97 Å². The number of fused-ring (bicyclic) bond motifs is 2. The Labute approximate surface area is 204 Å². The molecule has 1 atom stereocenters. The Morgan fingerprint density at radius 1 is 1.09 bits per heavy atom. The molecule has 0 aromatic heterocycles. The van der Waals surface area contributed by atoms with Crippen molar-refractivity contribution in [2.75, 3.05) is 18.1 Å².